The van der Waals surface area contributed by atoms with Gasteiger partial charge in [-0.1, -0.05) is 13.8 Å². The van der Waals surface area contributed by atoms with Gasteiger partial charge in [0.1, 0.15) is 10.8 Å². The Balaban J connectivity index is 1.74. The fraction of sp³-hybridized carbons (Fsp3) is 0.471. The zero-order chi connectivity index (χ0) is 14.6. The van der Waals surface area contributed by atoms with Crippen LogP contribution >= 0.6 is 11.3 Å². The number of fused-ring (bicyclic) bond motifs is 2. The first-order valence-electron chi connectivity index (χ1n) is 7.53. The van der Waals surface area contributed by atoms with Gasteiger partial charge in [0.15, 0.2) is 0 Å². The number of hydrogen-bond acceptors (Lipinski definition) is 4. The minimum atomic E-state index is 0.132. The van der Waals surface area contributed by atoms with Gasteiger partial charge in [-0.05, 0) is 42.0 Å². The Morgan fingerprint density at radius 2 is 2.24 bits per heavy atom. The summed E-state index contributed by atoms with van der Waals surface area (Å²) in [5, 5.41) is 1.10. The number of rotatable bonds is 1. The molecule has 1 aromatic carbocycles. The van der Waals surface area contributed by atoms with Crippen molar-refractivity contribution in [2.45, 2.75) is 39.2 Å². The van der Waals surface area contributed by atoms with Crippen LogP contribution in [0.1, 0.15) is 42.4 Å². The molecular weight excluding hydrogens is 280 g/mol. The zero-order valence-corrected chi connectivity index (χ0v) is 13.3. The van der Waals surface area contributed by atoms with Crippen LogP contribution in [0.4, 0.5) is 0 Å². The summed E-state index contributed by atoms with van der Waals surface area (Å²) in [6.07, 6.45) is 3.07. The number of hydrogen-bond donors (Lipinski definition) is 1. The predicted octanol–water partition coefficient (Wildman–Crippen LogP) is 3.72. The Bertz CT molecular complexity index is 705. The first kappa shape index (κ1) is 13.3. The summed E-state index contributed by atoms with van der Waals surface area (Å²) in [6, 6.07) is 6.55. The van der Waals surface area contributed by atoms with Gasteiger partial charge in [0.2, 0.25) is 0 Å². The van der Waals surface area contributed by atoms with Crippen LogP contribution in [0.15, 0.2) is 18.2 Å². The molecule has 2 N–H and O–H groups in total. The van der Waals surface area contributed by atoms with Crippen LogP contribution < -0.4 is 10.5 Å². The van der Waals surface area contributed by atoms with Gasteiger partial charge in [-0.3, -0.25) is 0 Å². The van der Waals surface area contributed by atoms with Crippen molar-refractivity contribution in [2.24, 2.45) is 11.1 Å². The molecule has 0 spiro atoms. The molecule has 2 aliphatic rings. The Morgan fingerprint density at radius 3 is 3.10 bits per heavy atom. The number of nitrogens with zero attached hydrogens (tertiary/aromatic N) is 1. The Morgan fingerprint density at radius 1 is 1.38 bits per heavy atom. The van der Waals surface area contributed by atoms with E-state index >= 15 is 0 Å². The highest BCUT2D eigenvalue weighted by Crippen LogP contribution is 2.44. The molecule has 0 radical (unpaired) electrons. The molecule has 1 aromatic heterocycles. The molecule has 110 valence electrons. The van der Waals surface area contributed by atoms with Crippen molar-refractivity contribution in [3.63, 3.8) is 0 Å². The first-order chi connectivity index (χ1) is 10.0. The van der Waals surface area contributed by atoms with Crippen LogP contribution in [0.25, 0.3) is 10.6 Å². The summed E-state index contributed by atoms with van der Waals surface area (Å²) in [6.45, 7) is 5.36. The van der Waals surface area contributed by atoms with Crippen molar-refractivity contribution in [3.8, 4) is 16.3 Å². The smallest absolute Gasteiger partial charge is 0.123 e. The Hall–Kier alpha value is -1.39. The molecule has 1 aliphatic heterocycles. The van der Waals surface area contributed by atoms with E-state index < -0.39 is 0 Å². The van der Waals surface area contributed by atoms with Crippen molar-refractivity contribution in [1.82, 2.24) is 4.98 Å². The largest absolute Gasteiger partial charge is 0.493 e. The van der Waals surface area contributed by atoms with Crippen LogP contribution in [0, 0.1) is 5.41 Å². The van der Waals surface area contributed by atoms with E-state index in [9.17, 15) is 0 Å². The highest BCUT2D eigenvalue weighted by molar-refractivity contribution is 7.15. The normalized spacial score (nSPS) is 22.5. The second-order valence-corrected chi connectivity index (χ2v) is 7.93. The van der Waals surface area contributed by atoms with E-state index in [0.717, 1.165) is 36.6 Å². The van der Waals surface area contributed by atoms with Crippen molar-refractivity contribution in [3.05, 3.63) is 34.3 Å². The molecule has 0 saturated heterocycles. The van der Waals surface area contributed by atoms with Gasteiger partial charge in [-0.25, -0.2) is 4.98 Å². The number of ether oxygens (including phenoxy) is 1. The lowest BCUT2D eigenvalue weighted by molar-refractivity contribution is 0.282. The highest BCUT2D eigenvalue weighted by Gasteiger charge is 2.33. The number of aromatic nitrogens is 1. The lowest BCUT2D eigenvalue weighted by atomic mass is 9.77. The van der Waals surface area contributed by atoms with Gasteiger partial charge < -0.3 is 10.5 Å². The molecule has 1 unspecified atom stereocenters. The molecule has 1 aliphatic carbocycles. The molecule has 0 amide bonds. The van der Waals surface area contributed by atoms with Gasteiger partial charge >= 0.3 is 0 Å². The first-order valence-corrected chi connectivity index (χ1v) is 8.35. The third-order valence-electron chi connectivity index (χ3n) is 4.42. The van der Waals surface area contributed by atoms with Crippen LogP contribution in [-0.4, -0.2) is 11.6 Å². The number of benzene rings is 1. The summed E-state index contributed by atoms with van der Waals surface area (Å²) >= 11 is 1.77. The number of thiazole rings is 1. The maximum atomic E-state index is 6.35. The second-order valence-electron chi connectivity index (χ2n) is 6.90. The molecule has 1 atom stereocenters. The van der Waals surface area contributed by atoms with Gasteiger partial charge in [-0.15, -0.1) is 11.3 Å². The van der Waals surface area contributed by atoms with Crippen LogP contribution in [0.2, 0.25) is 0 Å². The maximum absolute atomic E-state index is 6.35. The van der Waals surface area contributed by atoms with Crippen molar-refractivity contribution in [2.75, 3.05) is 6.61 Å². The van der Waals surface area contributed by atoms with E-state index in [2.05, 4.69) is 32.0 Å². The monoisotopic (exact) mass is 300 g/mol. The highest BCUT2D eigenvalue weighted by atomic mass is 32.1. The van der Waals surface area contributed by atoms with Crippen molar-refractivity contribution < 1.29 is 4.74 Å². The van der Waals surface area contributed by atoms with E-state index in [0.29, 0.717) is 0 Å². The molecule has 2 aromatic rings. The van der Waals surface area contributed by atoms with Crippen molar-refractivity contribution in [1.29, 1.82) is 0 Å². The Kier molecular flexibility index (Phi) is 2.88. The topological polar surface area (TPSA) is 48.1 Å². The molecule has 4 rings (SSSR count). The second kappa shape index (κ2) is 4.55. The lowest BCUT2D eigenvalue weighted by Crippen LogP contribution is -2.28. The van der Waals surface area contributed by atoms with Crippen LogP contribution in [0.3, 0.4) is 0 Å². The average molecular weight is 300 g/mol. The van der Waals surface area contributed by atoms with Gasteiger partial charge in [-0.2, -0.15) is 0 Å². The van der Waals surface area contributed by atoms with E-state index in [1.807, 2.05) is 0 Å². The third-order valence-corrected chi connectivity index (χ3v) is 5.70. The summed E-state index contributed by atoms with van der Waals surface area (Å²) in [4.78, 5) is 6.17. The SMILES string of the molecule is CC1(C)Cc2nc(-c3ccc4c(c3)CCO4)sc2C(N)C1. The predicted molar refractivity (Wildman–Crippen MR) is 85.8 cm³/mol. The molecule has 21 heavy (non-hydrogen) atoms. The minimum absolute atomic E-state index is 0.132. The van der Waals surface area contributed by atoms with E-state index in [1.165, 1.54) is 21.7 Å². The molecule has 3 nitrogen and oxygen atoms in total. The fourth-order valence-electron chi connectivity index (χ4n) is 3.44. The summed E-state index contributed by atoms with van der Waals surface area (Å²) < 4.78 is 5.58. The standard InChI is InChI=1S/C17H20N2OS/c1-17(2)8-12(18)15-13(9-17)19-16(21-15)11-3-4-14-10(7-11)5-6-20-14/h3-4,7,12H,5-6,8-9,18H2,1-2H3. The van der Waals surface area contributed by atoms with Gasteiger partial charge in [0.25, 0.3) is 0 Å². The summed E-state index contributed by atoms with van der Waals surface area (Å²) in [5.74, 6) is 1.03. The Labute approximate surface area is 129 Å². The maximum Gasteiger partial charge on any atom is 0.123 e. The number of nitrogens with two attached hydrogens (primary N) is 1. The minimum Gasteiger partial charge on any atom is -0.493 e. The van der Waals surface area contributed by atoms with Crippen molar-refractivity contribution >= 4 is 11.3 Å². The third kappa shape index (κ3) is 2.27. The molecule has 0 saturated carbocycles. The van der Waals surface area contributed by atoms with Gasteiger partial charge in [0, 0.05) is 22.9 Å². The van der Waals surface area contributed by atoms with Crippen LogP contribution in [-0.2, 0) is 12.8 Å². The van der Waals surface area contributed by atoms with E-state index in [1.54, 1.807) is 11.3 Å². The molecule has 4 heteroatoms. The molecule has 0 bridgehead atoms. The molecule has 0 fully saturated rings. The molecule has 2 heterocycles. The van der Waals surface area contributed by atoms with E-state index in [4.69, 9.17) is 15.5 Å². The molecular formula is C17H20N2OS. The van der Waals surface area contributed by atoms with Crippen LogP contribution in [0.5, 0.6) is 5.75 Å². The summed E-state index contributed by atoms with van der Waals surface area (Å²) in [7, 11) is 0. The summed E-state index contributed by atoms with van der Waals surface area (Å²) in [5.41, 5.74) is 10.3. The fourth-order valence-corrected chi connectivity index (χ4v) is 4.52. The van der Waals surface area contributed by atoms with Gasteiger partial charge in [0.05, 0.1) is 12.3 Å². The average Bonchev–Trinajstić information content (AvgIpc) is 3.01. The van der Waals surface area contributed by atoms with E-state index in [-0.39, 0.29) is 11.5 Å². The lowest BCUT2D eigenvalue weighted by Gasteiger charge is -2.32. The quantitative estimate of drug-likeness (QED) is 0.873. The zero-order valence-electron chi connectivity index (χ0n) is 12.5.